The van der Waals surface area contributed by atoms with Gasteiger partial charge in [0.15, 0.2) is 11.8 Å². The first-order valence-corrected chi connectivity index (χ1v) is 7.66. The minimum Gasteiger partial charge on any atom is -0.489 e. The molecule has 0 aliphatic carbocycles. The molecule has 2 rings (SSSR count). The summed E-state index contributed by atoms with van der Waals surface area (Å²) in [5.41, 5.74) is 0. The number of nitrogens with zero attached hydrogens (tertiary/aromatic N) is 4. The van der Waals surface area contributed by atoms with E-state index in [1.807, 2.05) is 30.7 Å². The first kappa shape index (κ1) is 20.5. The van der Waals surface area contributed by atoms with E-state index in [9.17, 15) is 0 Å². The van der Waals surface area contributed by atoms with Crippen molar-refractivity contribution in [1.29, 1.82) is 0 Å². The van der Waals surface area contributed by atoms with Crippen molar-refractivity contribution in [3.05, 3.63) is 41.4 Å². The standard InChI is InChI=1S/C15H21ClN6O.HI/c1-11(23-13-6-4-12(16)5-7-13)8-18-15(17-2)19-9-14-21-20-10-22(14)3;/h4-7,10-11H,8-9H2,1-3H3,(H2,17,18,19);1H. The summed E-state index contributed by atoms with van der Waals surface area (Å²) in [7, 11) is 3.62. The molecule has 1 aromatic heterocycles. The number of aromatic nitrogens is 3. The van der Waals surface area contributed by atoms with E-state index in [-0.39, 0.29) is 30.1 Å². The van der Waals surface area contributed by atoms with E-state index in [0.717, 1.165) is 11.6 Å². The Hall–Kier alpha value is -1.55. The highest BCUT2D eigenvalue weighted by Crippen LogP contribution is 2.16. The Kier molecular flexibility index (Phi) is 8.83. The number of benzene rings is 1. The minimum atomic E-state index is -0.0236. The van der Waals surface area contributed by atoms with Gasteiger partial charge in [-0.15, -0.1) is 34.2 Å². The van der Waals surface area contributed by atoms with E-state index in [2.05, 4.69) is 25.8 Å². The summed E-state index contributed by atoms with van der Waals surface area (Å²) in [4.78, 5) is 4.17. The van der Waals surface area contributed by atoms with Gasteiger partial charge in [0.25, 0.3) is 0 Å². The van der Waals surface area contributed by atoms with Gasteiger partial charge >= 0.3 is 0 Å². The molecule has 132 valence electrons. The molecular formula is C15H22ClIN6O. The number of rotatable bonds is 6. The number of halogens is 2. The van der Waals surface area contributed by atoms with Crippen LogP contribution in [0.15, 0.2) is 35.6 Å². The van der Waals surface area contributed by atoms with Crippen LogP contribution in [0.25, 0.3) is 0 Å². The maximum absolute atomic E-state index is 5.85. The van der Waals surface area contributed by atoms with Crippen LogP contribution in [0.3, 0.4) is 0 Å². The van der Waals surface area contributed by atoms with Gasteiger partial charge in [0.1, 0.15) is 18.2 Å². The molecule has 2 N–H and O–H groups in total. The van der Waals surface area contributed by atoms with E-state index in [0.29, 0.717) is 24.1 Å². The van der Waals surface area contributed by atoms with Crippen molar-refractivity contribution in [3.8, 4) is 5.75 Å². The highest BCUT2D eigenvalue weighted by Gasteiger charge is 2.07. The van der Waals surface area contributed by atoms with Gasteiger partial charge < -0.3 is 19.9 Å². The number of aryl methyl sites for hydroxylation is 1. The molecule has 1 unspecified atom stereocenters. The number of guanidine groups is 1. The van der Waals surface area contributed by atoms with Crippen LogP contribution in [0.2, 0.25) is 5.02 Å². The lowest BCUT2D eigenvalue weighted by atomic mass is 10.3. The molecule has 0 bridgehead atoms. The zero-order chi connectivity index (χ0) is 16.7. The van der Waals surface area contributed by atoms with Gasteiger partial charge in [-0.3, -0.25) is 4.99 Å². The van der Waals surface area contributed by atoms with Crippen molar-refractivity contribution in [2.75, 3.05) is 13.6 Å². The number of hydrogen-bond acceptors (Lipinski definition) is 4. The lowest BCUT2D eigenvalue weighted by Crippen LogP contribution is -2.41. The van der Waals surface area contributed by atoms with Crippen molar-refractivity contribution < 1.29 is 4.74 Å². The number of aliphatic imine (C=N–C) groups is 1. The van der Waals surface area contributed by atoms with Gasteiger partial charge in [0, 0.05) is 19.1 Å². The summed E-state index contributed by atoms with van der Waals surface area (Å²) in [5, 5.41) is 14.9. The molecule has 7 nitrogen and oxygen atoms in total. The van der Waals surface area contributed by atoms with Crippen LogP contribution in [0.1, 0.15) is 12.7 Å². The number of hydrogen-bond donors (Lipinski definition) is 2. The third-order valence-corrected chi connectivity index (χ3v) is 3.40. The van der Waals surface area contributed by atoms with Crippen LogP contribution < -0.4 is 15.4 Å². The van der Waals surface area contributed by atoms with Crippen LogP contribution in [-0.4, -0.2) is 40.4 Å². The minimum absolute atomic E-state index is 0. The normalized spacial score (nSPS) is 12.2. The highest BCUT2D eigenvalue weighted by molar-refractivity contribution is 14.0. The summed E-state index contributed by atoms with van der Waals surface area (Å²) in [6, 6.07) is 7.30. The van der Waals surface area contributed by atoms with Crippen LogP contribution >= 0.6 is 35.6 Å². The van der Waals surface area contributed by atoms with E-state index in [1.165, 1.54) is 0 Å². The molecule has 0 aliphatic rings. The molecule has 0 aliphatic heterocycles. The molecule has 0 spiro atoms. The molecule has 0 amide bonds. The topological polar surface area (TPSA) is 76.4 Å². The fourth-order valence-corrected chi connectivity index (χ4v) is 2.00. The van der Waals surface area contributed by atoms with E-state index < -0.39 is 0 Å². The average molecular weight is 465 g/mol. The second kappa shape index (κ2) is 10.3. The van der Waals surface area contributed by atoms with E-state index in [4.69, 9.17) is 16.3 Å². The van der Waals surface area contributed by atoms with Crippen LogP contribution in [-0.2, 0) is 13.6 Å². The third kappa shape index (κ3) is 6.52. The molecule has 2 aromatic rings. The Morgan fingerprint density at radius 1 is 1.33 bits per heavy atom. The number of ether oxygens (including phenoxy) is 1. The molecular weight excluding hydrogens is 443 g/mol. The van der Waals surface area contributed by atoms with Gasteiger partial charge in [-0.1, -0.05) is 11.6 Å². The highest BCUT2D eigenvalue weighted by atomic mass is 127. The van der Waals surface area contributed by atoms with Crippen LogP contribution in [0.4, 0.5) is 0 Å². The summed E-state index contributed by atoms with van der Waals surface area (Å²) < 4.78 is 7.66. The fraction of sp³-hybridized carbons (Fsp3) is 0.400. The molecule has 0 saturated carbocycles. The fourth-order valence-electron chi connectivity index (χ4n) is 1.88. The molecule has 1 aromatic carbocycles. The predicted octanol–water partition coefficient (Wildman–Crippen LogP) is 2.22. The van der Waals surface area contributed by atoms with Crippen molar-refractivity contribution in [1.82, 2.24) is 25.4 Å². The second-order valence-corrected chi connectivity index (χ2v) is 5.48. The molecule has 24 heavy (non-hydrogen) atoms. The zero-order valence-corrected chi connectivity index (χ0v) is 16.9. The second-order valence-electron chi connectivity index (χ2n) is 5.05. The maximum atomic E-state index is 5.85. The largest absolute Gasteiger partial charge is 0.489 e. The molecule has 1 atom stereocenters. The number of nitrogens with one attached hydrogen (secondary N) is 2. The molecule has 0 fully saturated rings. The van der Waals surface area contributed by atoms with Gasteiger partial charge in [-0.05, 0) is 31.2 Å². The summed E-state index contributed by atoms with van der Waals surface area (Å²) in [5.74, 6) is 2.30. The first-order valence-electron chi connectivity index (χ1n) is 7.28. The van der Waals surface area contributed by atoms with Crippen molar-refractivity contribution >= 4 is 41.5 Å². The van der Waals surface area contributed by atoms with Gasteiger partial charge in [0.2, 0.25) is 0 Å². The molecule has 0 saturated heterocycles. The van der Waals surface area contributed by atoms with Crippen LogP contribution in [0, 0.1) is 0 Å². The summed E-state index contributed by atoms with van der Waals surface area (Å²) in [6.45, 7) is 3.14. The lowest BCUT2D eigenvalue weighted by molar-refractivity contribution is 0.224. The smallest absolute Gasteiger partial charge is 0.191 e. The first-order chi connectivity index (χ1) is 11.1. The summed E-state index contributed by atoms with van der Waals surface area (Å²) >= 11 is 5.85. The Morgan fingerprint density at radius 3 is 2.62 bits per heavy atom. The quantitative estimate of drug-likeness (QED) is 0.389. The monoisotopic (exact) mass is 464 g/mol. The third-order valence-electron chi connectivity index (χ3n) is 3.15. The van der Waals surface area contributed by atoms with Gasteiger partial charge in [0.05, 0.1) is 13.1 Å². The maximum Gasteiger partial charge on any atom is 0.191 e. The average Bonchev–Trinajstić information content (AvgIpc) is 2.95. The van der Waals surface area contributed by atoms with Crippen LogP contribution in [0.5, 0.6) is 5.75 Å². The Morgan fingerprint density at radius 2 is 2.04 bits per heavy atom. The van der Waals surface area contributed by atoms with Crippen molar-refractivity contribution in [2.45, 2.75) is 19.6 Å². The Balaban J connectivity index is 0.00000288. The Labute approximate surface area is 163 Å². The SMILES string of the molecule is CN=C(NCc1nncn1C)NCC(C)Oc1ccc(Cl)cc1.I. The van der Waals surface area contributed by atoms with Gasteiger partial charge in [-0.2, -0.15) is 0 Å². The van der Waals surface area contributed by atoms with Gasteiger partial charge in [-0.25, -0.2) is 0 Å². The van der Waals surface area contributed by atoms with E-state index >= 15 is 0 Å². The van der Waals surface area contributed by atoms with Crippen molar-refractivity contribution in [3.63, 3.8) is 0 Å². The molecule has 0 radical (unpaired) electrons. The van der Waals surface area contributed by atoms with Crippen molar-refractivity contribution in [2.24, 2.45) is 12.0 Å². The van der Waals surface area contributed by atoms with E-state index in [1.54, 1.807) is 25.5 Å². The molecule has 1 heterocycles. The molecule has 9 heteroatoms. The lowest BCUT2D eigenvalue weighted by Gasteiger charge is -2.17. The zero-order valence-electron chi connectivity index (χ0n) is 13.9. The Bertz CT molecular complexity index is 646. The summed E-state index contributed by atoms with van der Waals surface area (Å²) in [6.07, 6.45) is 1.64. The predicted molar refractivity (Wildman–Crippen MR) is 106 cm³/mol.